The normalized spacial score (nSPS) is 16.8. The Bertz CT molecular complexity index is 840. The Labute approximate surface area is 157 Å². The maximum Gasteiger partial charge on any atom is 0.262 e. The minimum atomic E-state index is -0.171. The van der Waals surface area contributed by atoms with Crippen molar-refractivity contribution in [2.75, 3.05) is 13.2 Å². The van der Waals surface area contributed by atoms with Crippen LogP contribution >= 0.6 is 11.3 Å². The molecule has 1 atom stereocenters. The molecule has 3 rings (SSSR count). The Morgan fingerprint density at radius 1 is 1.50 bits per heavy atom. The van der Waals surface area contributed by atoms with E-state index in [1.807, 2.05) is 13.8 Å². The summed E-state index contributed by atoms with van der Waals surface area (Å²) in [5.74, 6) is 0.485. The molecule has 1 unspecified atom stereocenters. The number of carbonyl (C=O) groups is 1. The number of thiophene rings is 1. The molecule has 0 saturated carbocycles. The maximum atomic E-state index is 12.9. The highest BCUT2D eigenvalue weighted by Gasteiger charge is 2.23. The fraction of sp³-hybridized carbons (Fsp3) is 0.632. The summed E-state index contributed by atoms with van der Waals surface area (Å²) in [4.78, 5) is 31.5. The Balaban J connectivity index is 1.66. The third-order valence-corrected chi connectivity index (χ3v) is 5.85. The zero-order valence-electron chi connectivity index (χ0n) is 15.7. The molecule has 1 aliphatic carbocycles. The van der Waals surface area contributed by atoms with Gasteiger partial charge < -0.3 is 10.1 Å². The predicted molar refractivity (Wildman–Crippen MR) is 104 cm³/mol. The van der Waals surface area contributed by atoms with E-state index in [0.29, 0.717) is 19.1 Å². The average molecular weight is 378 g/mol. The number of rotatable bonds is 7. The van der Waals surface area contributed by atoms with Crippen LogP contribution in [0, 0.1) is 5.92 Å². The van der Waals surface area contributed by atoms with Crippen molar-refractivity contribution in [3.8, 4) is 0 Å². The molecule has 0 radical (unpaired) electrons. The topological polar surface area (TPSA) is 73.2 Å². The number of nitrogens with zero attached hydrogens (tertiary/aromatic N) is 2. The first-order valence-corrected chi connectivity index (χ1v) is 10.1. The molecule has 1 N–H and O–H groups in total. The second kappa shape index (κ2) is 8.31. The van der Waals surface area contributed by atoms with Gasteiger partial charge in [-0.3, -0.25) is 14.2 Å². The SMILES string of the molecule is CC1CCc2c(sc3ncn(CC(=O)NCCCOC(C)C)c(=O)c23)C1. The van der Waals surface area contributed by atoms with E-state index in [-0.39, 0.29) is 24.1 Å². The van der Waals surface area contributed by atoms with Gasteiger partial charge in [-0.2, -0.15) is 0 Å². The summed E-state index contributed by atoms with van der Waals surface area (Å²) in [7, 11) is 0. The quantitative estimate of drug-likeness (QED) is 0.753. The van der Waals surface area contributed by atoms with E-state index >= 15 is 0 Å². The van der Waals surface area contributed by atoms with Gasteiger partial charge in [0.1, 0.15) is 11.4 Å². The molecule has 0 bridgehead atoms. The smallest absolute Gasteiger partial charge is 0.262 e. The molecular formula is C19H27N3O3S. The number of nitrogens with one attached hydrogen (secondary N) is 1. The lowest BCUT2D eigenvalue weighted by Gasteiger charge is -2.17. The molecule has 7 heteroatoms. The summed E-state index contributed by atoms with van der Waals surface area (Å²) in [6, 6.07) is 0. The first kappa shape index (κ1) is 19.0. The van der Waals surface area contributed by atoms with E-state index in [1.54, 1.807) is 11.3 Å². The minimum absolute atomic E-state index is 0.00777. The number of ether oxygens (including phenoxy) is 1. The number of hydrogen-bond donors (Lipinski definition) is 1. The zero-order valence-corrected chi connectivity index (χ0v) is 16.5. The van der Waals surface area contributed by atoms with Gasteiger partial charge in [-0.25, -0.2) is 4.98 Å². The summed E-state index contributed by atoms with van der Waals surface area (Å²) in [5, 5.41) is 3.56. The standard InChI is InChI=1S/C19H27N3O3S/c1-12(2)25-8-4-7-20-16(23)10-22-11-21-18-17(19(22)24)14-6-5-13(3)9-15(14)26-18/h11-13H,4-10H2,1-3H3,(H,20,23). The maximum absolute atomic E-state index is 12.9. The van der Waals surface area contributed by atoms with E-state index in [9.17, 15) is 9.59 Å². The van der Waals surface area contributed by atoms with Crippen LogP contribution in [0.1, 0.15) is 44.1 Å². The van der Waals surface area contributed by atoms with Crippen LogP contribution in [0.25, 0.3) is 10.2 Å². The highest BCUT2D eigenvalue weighted by Crippen LogP contribution is 2.35. The van der Waals surface area contributed by atoms with E-state index in [4.69, 9.17) is 4.74 Å². The average Bonchev–Trinajstić information content (AvgIpc) is 2.95. The highest BCUT2D eigenvalue weighted by molar-refractivity contribution is 7.18. The number of amides is 1. The number of fused-ring (bicyclic) bond motifs is 3. The molecule has 1 aliphatic rings. The number of hydrogen-bond acceptors (Lipinski definition) is 5. The van der Waals surface area contributed by atoms with E-state index in [0.717, 1.165) is 41.5 Å². The zero-order chi connectivity index (χ0) is 18.7. The van der Waals surface area contributed by atoms with E-state index in [1.165, 1.54) is 15.8 Å². The van der Waals surface area contributed by atoms with Gasteiger partial charge in [-0.15, -0.1) is 11.3 Å². The summed E-state index contributed by atoms with van der Waals surface area (Å²) in [6.07, 6.45) is 5.51. The van der Waals surface area contributed by atoms with Crippen LogP contribution < -0.4 is 10.9 Å². The molecule has 0 aliphatic heterocycles. The van der Waals surface area contributed by atoms with Crippen molar-refractivity contribution in [3.63, 3.8) is 0 Å². The highest BCUT2D eigenvalue weighted by atomic mass is 32.1. The van der Waals surface area contributed by atoms with Crippen LogP contribution in [0.2, 0.25) is 0 Å². The monoisotopic (exact) mass is 377 g/mol. The van der Waals surface area contributed by atoms with Gasteiger partial charge in [0.15, 0.2) is 0 Å². The van der Waals surface area contributed by atoms with Crippen LogP contribution in [0.3, 0.4) is 0 Å². The van der Waals surface area contributed by atoms with Gasteiger partial charge in [0, 0.05) is 18.0 Å². The summed E-state index contributed by atoms with van der Waals surface area (Å²) in [5.41, 5.74) is 1.06. The third-order valence-electron chi connectivity index (χ3n) is 4.69. The number of aromatic nitrogens is 2. The lowest BCUT2D eigenvalue weighted by atomic mass is 9.89. The Hall–Kier alpha value is -1.73. The molecule has 2 heterocycles. The van der Waals surface area contributed by atoms with Gasteiger partial charge in [-0.1, -0.05) is 6.92 Å². The summed E-state index contributed by atoms with van der Waals surface area (Å²) >= 11 is 1.63. The van der Waals surface area contributed by atoms with Gasteiger partial charge >= 0.3 is 0 Å². The largest absolute Gasteiger partial charge is 0.379 e. The molecule has 2 aromatic rings. The first-order chi connectivity index (χ1) is 12.5. The van der Waals surface area contributed by atoms with E-state index in [2.05, 4.69) is 17.2 Å². The number of aryl methyl sites for hydroxylation is 1. The fourth-order valence-corrected chi connectivity index (χ4v) is 4.65. The summed E-state index contributed by atoms with van der Waals surface area (Å²) in [6.45, 7) is 7.38. The van der Waals surface area contributed by atoms with Crippen molar-refractivity contribution in [1.29, 1.82) is 0 Å². The van der Waals surface area contributed by atoms with Crippen molar-refractivity contribution < 1.29 is 9.53 Å². The van der Waals surface area contributed by atoms with Crippen LogP contribution in [0.5, 0.6) is 0 Å². The Morgan fingerprint density at radius 3 is 3.08 bits per heavy atom. The molecule has 26 heavy (non-hydrogen) atoms. The lowest BCUT2D eigenvalue weighted by Crippen LogP contribution is -2.33. The van der Waals surface area contributed by atoms with Crippen molar-refractivity contribution in [1.82, 2.24) is 14.9 Å². The molecular weight excluding hydrogens is 350 g/mol. The van der Waals surface area contributed by atoms with Crippen LogP contribution in [-0.4, -0.2) is 34.7 Å². The molecule has 142 valence electrons. The van der Waals surface area contributed by atoms with Crippen LogP contribution in [0.15, 0.2) is 11.1 Å². The predicted octanol–water partition coefficient (Wildman–Crippen LogP) is 2.51. The molecule has 1 amide bonds. The Morgan fingerprint density at radius 2 is 2.31 bits per heavy atom. The lowest BCUT2D eigenvalue weighted by molar-refractivity contribution is -0.121. The molecule has 0 fully saturated rings. The fourth-order valence-electron chi connectivity index (χ4n) is 3.31. The van der Waals surface area contributed by atoms with Crippen LogP contribution in [0.4, 0.5) is 0 Å². The van der Waals surface area contributed by atoms with E-state index < -0.39 is 0 Å². The van der Waals surface area contributed by atoms with Gasteiger partial charge in [0.05, 0.1) is 17.8 Å². The summed E-state index contributed by atoms with van der Waals surface area (Å²) < 4.78 is 6.87. The second-order valence-corrected chi connectivity index (χ2v) is 8.42. The molecule has 0 saturated heterocycles. The minimum Gasteiger partial charge on any atom is -0.379 e. The Kier molecular flexibility index (Phi) is 6.09. The first-order valence-electron chi connectivity index (χ1n) is 9.33. The van der Waals surface area contributed by atoms with Gasteiger partial charge in [0.2, 0.25) is 5.91 Å². The van der Waals surface area contributed by atoms with Gasteiger partial charge in [-0.05, 0) is 51.0 Å². The molecule has 0 spiro atoms. The molecule has 0 aromatic carbocycles. The number of carbonyl (C=O) groups excluding carboxylic acids is 1. The van der Waals surface area contributed by atoms with Crippen molar-refractivity contribution in [3.05, 3.63) is 27.1 Å². The third kappa shape index (κ3) is 4.32. The van der Waals surface area contributed by atoms with Crippen molar-refractivity contribution in [2.45, 2.75) is 59.1 Å². The molecule has 6 nitrogen and oxygen atoms in total. The van der Waals surface area contributed by atoms with Crippen molar-refractivity contribution >= 4 is 27.5 Å². The van der Waals surface area contributed by atoms with Crippen molar-refractivity contribution in [2.24, 2.45) is 5.92 Å². The van der Waals surface area contributed by atoms with Gasteiger partial charge in [0.25, 0.3) is 5.56 Å². The van der Waals surface area contributed by atoms with Crippen LogP contribution in [-0.2, 0) is 28.9 Å². The molecule has 2 aromatic heterocycles. The second-order valence-electron chi connectivity index (χ2n) is 7.33.